The quantitative estimate of drug-likeness (QED) is 0.260. The Morgan fingerprint density at radius 2 is 1.60 bits per heavy atom. The van der Waals surface area contributed by atoms with Crippen molar-refractivity contribution in [3.8, 4) is 5.75 Å². The molecule has 3 N–H and O–H groups in total. The van der Waals surface area contributed by atoms with Gasteiger partial charge >= 0.3 is 6.09 Å². The lowest BCUT2D eigenvalue weighted by Gasteiger charge is -2.29. The normalized spacial score (nSPS) is 20.9. The first-order valence-corrected chi connectivity index (χ1v) is 15.4. The molecule has 0 aromatic heterocycles. The van der Waals surface area contributed by atoms with E-state index in [4.69, 9.17) is 18.9 Å². The Balaban J connectivity index is 1.26. The number of hydrogen-bond acceptors (Lipinski definition) is 7. The van der Waals surface area contributed by atoms with Crippen LogP contribution in [-0.2, 0) is 31.8 Å². The van der Waals surface area contributed by atoms with E-state index < -0.39 is 30.4 Å². The van der Waals surface area contributed by atoms with E-state index in [1.165, 1.54) is 12.1 Å². The Morgan fingerprint density at radius 1 is 0.956 bits per heavy atom. The number of carbonyl (C=O) groups is 2. The molecular weight excluding hydrogens is 579 g/mol. The number of benzene rings is 3. The van der Waals surface area contributed by atoms with E-state index in [1.54, 1.807) is 13.8 Å². The fourth-order valence-electron chi connectivity index (χ4n) is 6.10. The van der Waals surface area contributed by atoms with Crippen molar-refractivity contribution in [1.29, 1.82) is 0 Å². The fraction of sp³-hybridized carbons (Fsp3) is 0.429. The van der Waals surface area contributed by atoms with Gasteiger partial charge in [-0.25, -0.2) is 9.18 Å². The lowest BCUT2D eigenvalue weighted by atomic mass is 9.93. The summed E-state index contributed by atoms with van der Waals surface area (Å²) in [6.07, 6.45) is -0.743. The molecule has 0 aliphatic carbocycles. The SMILES string of the molecule is Cc1cc(F)cc(C)c1OCC(=O)N[C@@H](Cc1ccccc1)C[C@H](O)[C@H](Cc1ccccc1)NC(=O)O[C@H]1CO[C@H]2OCC[C@H]21. The number of rotatable bonds is 13. The first-order chi connectivity index (χ1) is 21.7. The summed E-state index contributed by atoms with van der Waals surface area (Å²) >= 11 is 0. The van der Waals surface area contributed by atoms with Gasteiger partial charge in [0.2, 0.25) is 0 Å². The average Bonchev–Trinajstić information content (AvgIpc) is 3.62. The van der Waals surface area contributed by atoms with Gasteiger partial charge in [0.15, 0.2) is 12.9 Å². The van der Waals surface area contributed by atoms with Crippen molar-refractivity contribution in [1.82, 2.24) is 10.6 Å². The molecule has 2 aliphatic heterocycles. The third-order valence-corrected chi connectivity index (χ3v) is 8.30. The van der Waals surface area contributed by atoms with Crippen molar-refractivity contribution in [2.24, 2.45) is 5.92 Å². The summed E-state index contributed by atoms with van der Waals surface area (Å²) in [5.41, 5.74) is 3.09. The van der Waals surface area contributed by atoms with Crippen LogP contribution in [0.3, 0.4) is 0 Å². The first kappa shape index (κ1) is 32.4. The molecule has 6 atom stereocenters. The number of ether oxygens (including phenoxy) is 4. The van der Waals surface area contributed by atoms with Crippen LogP contribution < -0.4 is 15.4 Å². The molecule has 2 aliphatic rings. The molecule has 2 saturated heterocycles. The van der Waals surface area contributed by atoms with Crippen LogP contribution in [0.5, 0.6) is 5.75 Å². The standard InChI is InChI=1S/C35H41FN2O7/c1-22-15-26(36)16-23(2)33(22)43-21-32(40)37-27(17-24-9-5-3-6-10-24)19-30(39)29(18-25-11-7-4-8-12-25)38-35(41)45-31-20-44-34-28(31)13-14-42-34/h3-12,15-16,27-31,34,39H,13-14,17-21H2,1-2H3,(H,37,40)(H,38,41)/t27-,28-,29-,30-,31-,34+/m0/s1. The van der Waals surface area contributed by atoms with E-state index >= 15 is 0 Å². The Bertz CT molecular complexity index is 1400. The van der Waals surface area contributed by atoms with Crippen LogP contribution in [0.4, 0.5) is 9.18 Å². The predicted molar refractivity (Wildman–Crippen MR) is 165 cm³/mol. The van der Waals surface area contributed by atoms with Crippen LogP contribution in [0.1, 0.15) is 35.1 Å². The van der Waals surface area contributed by atoms with Crippen LogP contribution in [0.25, 0.3) is 0 Å². The zero-order valence-electron chi connectivity index (χ0n) is 25.6. The van der Waals surface area contributed by atoms with Gasteiger partial charge in [0.25, 0.3) is 5.91 Å². The summed E-state index contributed by atoms with van der Waals surface area (Å²) in [6, 6.07) is 20.7. The highest BCUT2D eigenvalue weighted by Crippen LogP contribution is 2.33. The number of carbonyl (C=O) groups excluding carboxylic acids is 2. The zero-order valence-corrected chi connectivity index (χ0v) is 25.6. The summed E-state index contributed by atoms with van der Waals surface area (Å²) < 4.78 is 36.4. The lowest BCUT2D eigenvalue weighted by molar-refractivity contribution is -0.124. The second kappa shape index (κ2) is 15.3. The number of halogens is 1. The second-order valence-electron chi connectivity index (χ2n) is 11.8. The molecule has 0 bridgehead atoms. The number of aryl methyl sites for hydroxylation is 2. The molecule has 3 aromatic rings. The maximum Gasteiger partial charge on any atom is 0.407 e. The Kier molecular flexibility index (Phi) is 11.0. The molecule has 2 heterocycles. The van der Waals surface area contributed by atoms with Gasteiger partial charge in [0.1, 0.15) is 17.7 Å². The van der Waals surface area contributed by atoms with E-state index in [-0.39, 0.29) is 43.6 Å². The highest BCUT2D eigenvalue weighted by atomic mass is 19.1. The molecule has 0 spiro atoms. The third-order valence-electron chi connectivity index (χ3n) is 8.30. The largest absolute Gasteiger partial charge is 0.483 e. The summed E-state index contributed by atoms with van der Waals surface area (Å²) in [5.74, 6) is -0.300. The fourth-order valence-corrected chi connectivity index (χ4v) is 6.10. The molecule has 10 heteroatoms. The van der Waals surface area contributed by atoms with Crippen LogP contribution in [-0.4, -0.2) is 67.5 Å². The molecule has 3 aromatic carbocycles. The highest BCUT2D eigenvalue weighted by molar-refractivity contribution is 5.78. The zero-order chi connectivity index (χ0) is 31.8. The van der Waals surface area contributed by atoms with Gasteiger partial charge in [-0.3, -0.25) is 4.79 Å². The number of hydrogen-bond donors (Lipinski definition) is 3. The molecule has 2 fully saturated rings. The summed E-state index contributed by atoms with van der Waals surface area (Å²) in [6.45, 7) is 4.00. The molecule has 5 rings (SSSR count). The predicted octanol–water partition coefficient (Wildman–Crippen LogP) is 4.40. The summed E-state index contributed by atoms with van der Waals surface area (Å²) in [5, 5.41) is 17.4. The topological polar surface area (TPSA) is 115 Å². The van der Waals surface area contributed by atoms with Crippen molar-refractivity contribution in [2.45, 2.75) is 70.1 Å². The lowest BCUT2D eigenvalue weighted by Crippen LogP contribution is -2.50. The van der Waals surface area contributed by atoms with Gasteiger partial charge in [-0.1, -0.05) is 60.7 Å². The van der Waals surface area contributed by atoms with E-state index in [9.17, 15) is 19.1 Å². The number of nitrogens with one attached hydrogen (secondary N) is 2. The number of fused-ring (bicyclic) bond motifs is 1. The summed E-state index contributed by atoms with van der Waals surface area (Å²) in [7, 11) is 0. The molecule has 45 heavy (non-hydrogen) atoms. The van der Waals surface area contributed by atoms with E-state index in [0.29, 0.717) is 36.3 Å². The maximum absolute atomic E-state index is 13.7. The van der Waals surface area contributed by atoms with Crippen molar-refractivity contribution in [3.63, 3.8) is 0 Å². The average molecular weight is 621 g/mol. The van der Waals surface area contributed by atoms with E-state index in [0.717, 1.165) is 17.5 Å². The minimum Gasteiger partial charge on any atom is -0.483 e. The van der Waals surface area contributed by atoms with Crippen molar-refractivity contribution >= 4 is 12.0 Å². The third kappa shape index (κ3) is 9.03. The molecule has 9 nitrogen and oxygen atoms in total. The molecule has 240 valence electrons. The Morgan fingerprint density at radius 3 is 2.27 bits per heavy atom. The van der Waals surface area contributed by atoms with Gasteiger partial charge in [-0.15, -0.1) is 0 Å². The Labute approximate surface area is 263 Å². The number of aliphatic hydroxyl groups excluding tert-OH is 1. The highest BCUT2D eigenvalue weighted by Gasteiger charge is 2.44. The number of aliphatic hydroxyl groups is 1. The van der Waals surface area contributed by atoms with Gasteiger partial charge in [-0.05, 0) is 73.9 Å². The molecule has 2 amide bonds. The first-order valence-electron chi connectivity index (χ1n) is 15.4. The van der Waals surface area contributed by atoms with Crippen LogP contribution in [0.15, 0.2) is 72.8 Å². The van der Waals surface area contributed by atoms with Crippen LogP contribution >= 0.6 is 0 Å². The van der Waals surface area contributed by atoms with Crippen LogP contribution in [0.2, 0.25) is 0 Å². The minimum atomic E-state index is -1.03. The monoisotopic (exact) mass is 620 g/mol. The van der Waals surface area contributed by atoms with Gasteiger partial charge in [0.05, 0.1) is 31.3 Å². The van der Waals surface area contributed by atoms with Crippen LogP contribution in [0, 0.1) is 25.6 Å². The number of amides is 2. The van der Waals surface area contributed by atoms with E-state index in [2.05, 4.69) is 10.6 Å². The molecule has 0 radical (unpaired) electrons. The van der Waals surface area contributed by atoms with Crippen molar-refractivity contribution < 1.29 is 38.0 Å². The number of alkyl carbamates (subject to hydrolysis) is 1. The second-order valence-corrected chi connectivity index (χ2v) is 11.8. The van der Waals surface area contributed by atoms with E-state index in [1.807, 2.05) is 60.7 Å². The minimum absolute atomic E-state index is 0.0107. The maximum atomic E-state index is 13.7. The molecular formula is C35H41FN2O7. The Hall–Kier alpha value is -3.99. The summed E-state index contributed by atoms with van der Waals surface area (Å²) in [4.78, 5) is 26.2. The van der Waals surface area contributed by atoms with Gasteiger partial charge < -0.3 is 34.7 Å². The molecule has 0 saturated carbocycles. The van der Waals surface area contributed by atoms with Crippen molar-refractivity contribution in [2.75, 3.05) is 19.8 Å². The smallest absolute Gasteiger partial charge is 0.407 e. The van der Waals surface area contributed by atoms with Gasteiger partial charge in [-0.2, -0.15) is 0 Å². The van der Waals surface area contributed by atoms with Gasteiger partial charge in [0, 0.05) is 6.04 Å². The molecule has 0 unspecified atom stereocenters. The van der Waals surface area contributed by atoms with Crippen molar-refractivity contribution in [3.05, 3.63) is 101 Å².